The average Bonchev–Trinajstić information content (AvgIpc) is 2.19. The van der Waals surface area contributed by atoms with Crippen molar-refractivity contribution >= 4 is 17.7 Å². The van der Waals surface area contributed by atoms with Crippen LogP contribution < -0.4 is 5.73 Å². The van der Waals surface area contributed by atoms with Crippen molar-refractivity contribution < 1.29 is 9.90 Å². The molecule has 1 aromatic heterocycles. The van der Waals surface area contributed by atoms with Gasteiger partial charge in [-0.15, -0.1) is 11.8 Å². The lowest BCUT2D eigenvalue weighted by Crippen LogP contribution is -2.12. The summed E-state index contributed by atoms with van der Waals surface area (Å²) in [5.74, 6) is 0.262. The predicted octanol–water partition coefficient (Wildman–Crippen LogP) is 0.655. The fourth-order valence-electron chi connectivity index (χ4n) is 0.927. The minimum atomic E-state index is -0.468. The van der Waals surface area contributed by atoms with E-state index in [-0.39, 0.29) is 6.61 Å². The van der Waals surface area contributed by atoms with Crippen LogP contribution in [0.3, 0.4) is 0 Å². The van der Waals surface area contributed by atoms with Gasteiger partial charge in [-0.3, -0.25) is 4.79 Å². The van der Waals surface area contributed by atoms with Crippen LogP contribution in [-0.2, 0) is 0 Å². The van der Waals surface area contributed by atoms with E-state index in [1.54, 1.807) is 18.3 Å². The van der Waals surface area contributed by atoms with Crippen LogP contribution in [0.2, 0.25) is 0 Å². The molecule has 76 valence electrons. The first kappa shape index (κ1) is 11.0. The van der Waals surface area contributed by atoms with E-state index in [1.165, 1.54) is 11.8 Å². The highest BCUT2D eigenvalue weighted by Crippen LogP contribution is 2.19. The van der Waals surface area contributed by atoms with Gasteiger partial charge in [-0.2, -0.15) is 0 Å². The summed E-state index contributed by atoms with van der Waals surface area (Å²) < 4.78 is 0. The van der Waals surface area contributed by atoms with E-state index >= 15 is 0 Å². The summed E-state index contributed by atoms with van der Waals surface area (Å²) in [6.45, 7) is 0.145. The van der Waals surface area contributed by atoms with E-state index in [0.717, 1.165) is 5.75 Å². The molecule has 0 aliphatic carbocycles. The topological polar surface area (TPSA) is 76.2 Å². The molecular formula is C9H12N2O2S. The van der Waals surface area contributed by atoms with Gasteiger partial charge in [0.15, 0.2) is 0 Å². The molecule has 0 bridgehead atoms. The normalized spacial score (nSPS) is 10.1. The van der Waals surface area contributed by atoms with E-state index in [9.17, 15) is 4.79 Å². The standard InChI is InChI=1S/C9H12N2O2S/c10-8(13)7-3-1-4-11-9(7)14-6-2-5-12/h1,3-4,12H,2,5-6H2,(H2,10,13). The Morgan fingerprint density at radius 2 is 2.43 bits per heavy atom. The molecule has 5 heteroatoms. The number of primary amides is 1. The lowest BCUT2D eigenvalue weighted by molar-refractivity contribution is 0.0997. The highest BCUT2D eigenvalue weighted by molar-refractivity contribution is 7.99. The van der Waals surface area contributed by atoms with Crippen LogP contribution in [0.4, 0.5) is 0 Å². The Balaban J connectivity index is 2.69. The lowest BCUT2D eigenvalue weighted by Gasteiger charge is -2.03. The van der Waals surface area contributed by atoms with Crippen molar-refractivity contribution in [2.24, 2.45) is 5.73 Å². The first-order valence-corrected chi connectivity index (χ1v) is 5.22. The van der Waals surface area contributed by atoms with E-state index in [2.05, 4.69) is 4.98 Å². The molecule has 0 saturated carbocycles. The van der Waals surface area contributed by atoms with Gasteiger partial charge in [0.25, 0.3) is 5.91 Å². The van der Waals surface area contributed by atoms with Crippen LogP contribution in [0.1, 0.15) is 16.8 Å². The average molecular weight is 212 g/mol. The molecule has 0 saturated heterocycles. The molecule has 3 N–H and O–H groups in total. The number of aliphatic hydroxyl groups excluding tert-OH is 1. The zero-order valence-electron chi connectivity index (χ0n) is 7.64. The first-order chi connectivity index (χ1) is 6.75. The maximum atomic E-state index is 11.0. The fourth-order valence-corrected chi connectivity index (χ4v) is 1.85. The molecule has 14 heavy (non-hydrogen) atoms. The quantitative estimate of drug-likeness (QED) is 0.555. The summed E-state index contributed by atoms with van der Waals surface area (Å²) in [6, 6.07) is 3.33. The van der Waals surface area contributed by atoms with Crippen LogP contribution in [0.15, 0.2) is 23.4 Å². The molecule has 1 amide bonds. The number of nitrogens with zero attached hydrogens (tertiary/aromatic N) is 1. The van der Waals surface area contributed by atoms with Crippen molar-refractivity contribution in [1.82, 2.24) is 4.98 Å². The van der Waals surface area contributed by atoms with Gasteiger partial charge in [-0.1, -0.05) is 0 Å². The number of hydrogen-bond donors (Lipinski definition) is 2. The predicted molar refractivity (Wildman–Crippen MR) is 55.2 cm³/mol. The summed E-state index contributed by atoms with van der Waals surface area (Å²) in [6.07, 6.45) is 2.30. The third-order valence-corrected chi connectivity index (χ3v) is 2.67. The van der Waals surface area contributed by atoms with Crippen LogP contribution >= 0.6 is 11.8 Å². The van der Waals surface area contributed by atoms with Gasteiger partial charge in [-0.05, 0) is 18.6 Å². The second-order valence-corrected chi connectivity index (χ2v) is 3.73. The number of thioether (sulfide) groups is 1. The smallest absolute Gasteiger partial charge is 0.251 e. The molecule has 0 spiro atoms. The molecule has 0 aromatic carbocycles. The summed E-state index contributed by atoms with van der Waals surface area (Å²) in [5, 5.41) is 9.23. The summed E-state index contributed by atoms with van der Waals surface area (Å²) >= 11 is 1.43. The Kier molecular flexibility index (Phi) is 4.42. The molecule has 0 aliphatic heterocycles. The number of carbonyl (C=O) groups is 1. The van der Waals surface area contributed by atoms with Crippen molar-refractivity contribution in [3.63, 3.8) is 0 Å². The van der Waals surface area contributed by atoms with Gasteiger partial charge in [0.2, 0.25) is 0 Å². The maximum Gasteiger partial charge on any atom is 0.251 e. The maximum absolute atomic E-state index is 11.0. The lowest BCUT2D eigenvalue weighted by atomic mass is 10.3. The molecule has 0 aliphatic rings. The highest BCUT2D eigenvalue weighted by atomic mass is 32.2. The zero-order chi connectivity index (χ0) is 10.4. The Hall–Kier alpha value is -1.07. The second-order valence-electron chi connectivity index (χ2n) is 2.65. The van der Waals surface area contributed by atoms with Gasteiger partial charge in [-0.25, -0.2) is 4.98 Å². The minimum absolute atomic E-state index is 0.145. The molecule has 0 unspecified atom stereocenters. The Morgan fingerprint density at radius 3 is 3.07 bits per heavy atom. The molecule has 1 aromatic rings. The molecule has 0 fully saturated rings. The van der Waals surface area contributed by atoms with Crippen molar-refractivity contribution in [1.29, 1.82) is 0 Å². The van der Waals surface area contributed by atoms with Gasteiger partial charge in [0.05, 0.1) is 5.56 Å². The molecule has 4 nitrogen and oxygen atoms in total. The number of carbonyl (C=O) groups excluding carboxylic acids is 1. The molecular weight excluding hydrogens is 200 g/mol. The summed E-state index contributed by atoms with van der Waals surface area (Å²) in [5.41, 5.74) is 5.62. The van der Waals surface area contributed by atoms with Crippen LogP contribution in [0.5, 0.6) is 0 Å². The first-order valence-electron chi connectivity index (χ1n) is 4.24. The molecule has 0 radical (unpaired) electrons. The number of hydrogen-bond acceptors (Lipinski definition) is 4. The molecule has 0 atom stereocenters. The number of aromatic nitrogens is 1. The van der Waals surface area contributed by atoms with E-state index < -0.39 is 5.91 Å². The van der Waals surface area contributed by atoms with E-state index in [0.29, 0.717) is 17.0 Å². The van der Waals surface area contributed by atoms with Crippen molar-refractivity contribution in [2.45, 2.75) is 11.4 Å². The van der Waals surface area contributed by atoms with E-state index in [4.69, 9.17) is 10.8 Å². The van der Waals surface area contributed by atoms with Crippen LogP contribution in [0.25, 0.3) is 0 Å². The highest BCUT2D eigenvalue weighted by Gasteiger charge is 2.08. The van der Waals surface area contributed by atoms with Crippen molar-refractivity contribution in [3.8, 4) is 0 Å². The molecule has 1 heterocycles. The zero-order valence-corrected chi connectivity index (χ0v) is 8.46. The van der Waals surface area contributed by atoms with Gasteiger partial charge < -0.3 is 10.8 Å². The summed E-state index contributed by atoms with van der Waals surface area (Å²) in [4.78, 5) is 15.0. The number of nitrogens with two attached hydrogens (primary N) is 1. The Morgan fingerprint density at radius 1 is 1.64 bits per heavy atom. The number of pyridine rings is 1. The van der Waals surface area contributed by atoms with E-state index in [1.807, 2.05) is 0 Å². The number of aliphatic hydroxyl groups is 1. The Bertz CT molecular complexity index is 317. The minimum Gasteiger partial charge on any atom is -0.396 e. The van der Waals surface area contributed by atoms with Crippen molar-refractivity contribution in [2.75, 3.05) is 12.4 Å². The van der Waals surface area contributed by atoms with Gasteiger partial charge >= 0.3 is 0 Å². The monoisotopic (exact) mass is 212 g/mol. The fraction of sp³-hybridized carbons (Fsp3) is 0.333. The second kappa shape index (κ2) is 5.62. The van der Waals surface area contributed by atoms with Gasteiger partial charge in [0.1, 0.15) is 5.03 Å². The number of amides is 1. The van der Waals surface area contributed by atoms with Crippen LogP contribution in [-0.4, -0.2) is 28.4 Å². The largest absolute Gasteiger partial charge is 0.396 e. The third-order valence-electron chi connectivity index (χ3n) is 1.58. The summed E-state index contributed by atoms with van der Waals surface area (Å²) in [7, 11) is 0. The third kappa shape index (κ3) is 3.01. The SMILES string of the molecule is NC(=O)c1cccnc1SCCCO. The number of rotatable bonds is 5. The van der Waals surface area contributed by atoms with Crippen LogP contribution in [0, 0.1) is 0 Å². The molecule has 1 rings (SSSR count). The Labute approximate surface area is 86.5 Å². The van der Waals surface area contributed by atoms with Crippen molar-refractivity contribution in [3.05, 3.63) is 23.9 Å². The van der Waals surface area contributed by atoms with Gasteiger partial charge in [0, 0.05) is 18.6 Å².